The summed E-state index contributed by atoms with van der Waals surface area (Å²) in [5.74, 6) is 0. The minimum atomic E-state index is -1.97. The maximum absolute atomic E-state index is 9.64. The Morgan fingerprint density at radius 2 is 1.77 bits per heavy atom. The van der Waals surface area contributed by atoms with Crippen molar-refractivity contribution in [2.45, 2.75) is 44.2 Å². The Bertz CT molecular complexity index is 199. The molecule has 4 atom stereocenters. The van der Waals surface area contributed by atoms with Gasteiger partial charge < -0.3 is 20.4 Å². The van der Waals surface area contributed by atoms with Gasteiger partial charge in [0.1, 0.15) is 11.7 Å². The van der Waals surface area contributed by atoms with Gasteiger partial charge in [0.05, 0.1) is 24.7 Å². The van der Waals surface area contributed by atoms with Crippen LogP contribution in [0.3, 0.4) is 0 Å². The first-order valence-electron chi connectivity index (χ1n) is 3.99. The third-order valence-electron chi connectivity index (χ3n) is 2.05. The van der Waals surface area contributed by atoms with Crippen LogP contribution < -0.4 is 0 Å². The molecule has 0 unspecified atom stereocenters. The van der Waals surface area contributed by atoms with Crippen LogP contribution in [0.2, 0.25) is 0 Å². The fourth-order valence-electron chi connectivity index (χ4n) is 1.04. The van der Waals surface area contributed by atoms with Gasteiger partial charge in [-0.15, -0.1) is 0 Å². The lowest BCUT2D eigenvalue weighted by Gasteiger charge is -2.34. The van der Waals surface area contributed by atoms with Crippen molar-refractivity contribution in [2.75, 3.05) is 0 Å². The summed E-state index contributed by atoms with van der Waals surface area (Å²) in [6, 6.07) is 1.64. The lowest BCUT2D eigenvalue weighted by Crippen LogP contribution is -2.55. The van der Waals surface area contributed by atoms with Crippen LogP contribution in [0.1, 0.15) is 20.3 Å². The van der Waals surface area contributed by atoms with E-state index < -0.39 is 30.3 Å². The van der Waals surface area contributed by atoms with Gasteiger partial charge in [0.25, 0.3) is 0 Å². The Kier molecular flexibility index (Phi) is 4.30. The van der Waals surface area contributed by atoms with E-state index in [2.05, 4.69) is 0 Å². The fraction of sp³-hybridized carbons (Fsp3) is 0.875. The average molecular weight is 189 g/mol. The second-order valence-corrected chi connectivity index (χ2v) is 3.19. The number of aliphatic hydroxyl groups excluding tert-OH is 3. The molecule has 0 saturated carbocycles. The number of nitriles is 1. The molecule has 0 bridgehead atoms. The van der Waals surface area contributed by atoms with Gasteiger partial charge in [0.2, 0.25) is 0 Å². The monoisotopic (exact) mass is 189 g/mol. The highest BCUT2D eigenvalue weighted by atomic mass is 16.4. The second kappa shape index (κ2) is 4.53. The normalized spacial score (nSPS) is 22.5. The van der Waals surface area contributed by atoms with Crippen LogP contribution in [-0.4, -0.2) is 44.3 Å². The fourth-order valence-corrected chi connectivity index (χ4v) is 1.04. The number of nitrogens with zero attached hydrogens (tertiary/aromatic N) is 1. The third kappa shape index (κ3) is 2.64. The zero-order valence-corrected chi connectivity index (χ0v) is 7.68. The van der Waals surface area contributed by atoms with Crippen LogP contribution >= 0.6 is 0 Å². The molecule has 0 rings (SSSR count). The molecule has 13 heavy (non-hydrogen) atoms. The molecule has 0 radical (unpaired) electrons. The van der Waals surface area contributed by atoms with E-state index in [1.54, 1.807) is 6.07 Å². The van der Waals surface area contributed by atoms with E-state index in [4.69, 9.17) is 15.5 Å². The molecule has 0 aliphatic rings. The van der Waals surface area contributed by atoms with Gasteiger partial charge in [0.15, 0.2) is 0 Å². The van der Waals surface area contributed by atoms with Crippen LogP contribution in [0.15, 0.2) is 0 Å². The first-order chi connectivity index (χ1) is 5.86. The summed E-state index contributed by atoms with van der Waals surface area (Å²) >= 11 is 0. The Balaban J connectivity index is 4.69. The Morgan fingerprint density at radius 1 is 1.31 bits per heavy atom. The van der Waals surface area contributed by atoms with E-state index in [1.807, 2.05) is 0 Å². The molecule has 0 amide bonds. The van der Waals surface area contributed by atoms with Crippen LogP contribution in [0.25, 0.3) is 0 Å². The second-order valence-electron chi connectivity index (χ2n) is 3.19. The molecule has 0 fully saturated rings. The van der Waals surface area contributed by atoms with E-state index in [9.17, 15) is 10.2 Å². The summed E-state index contributed by atoms with van der Waals surface area (Å²) in [5.41, 5.74) is -1.97. The molecule has 0 spiro atoms. The summed E-state index contributed by atoms with van der Waals surface area (Å²) < 4.78 is 0. The zero-order chi connectivity index (χ0) is 10.6. The van der Waals surface area contributed by atoms with Crippen molar-refractivity contribution in [3.8, 4) is 6.07 Å². The van der Waals surface area contributed by atoms with E-state index in [0.717, 1.165) is 0 Å². The van der Waals surface area contributed by atoms with Gasteiger partial charge in [-0.1, -0.05) is 0 Å². The van der Waals surface area contributed by atoms with Gasteiger partial charge in [-0.05, 0) is 13.8 Å². The largest absolute Gasteiger partial charge is 0.391 e. The number of hydrogen-bond donors (Lipinski definition) is 4. The zero-order valence-electron chi connectivity index (χ0n) is 7.68. The van der Waals surface area contributed by atoms with Crippen LogP contribution in [0.5, 0.6) is 0 Å². The predicted octanol–water partition coefficient (Wildman–Crippen LogP) is -1.25. The summed E-state index contributed by atoms with van der Waals surface area (Å²) in [6.45, 7) is 2.53. The minimum absolute atomic E-state index is 0.434. The topological polar surface area (TPSA) is 105 Å². The minimum Gasteiger partial charge on any atom is -0.391 e. The number of aliphatic hydroxyl groups is 4. The van der Waals surface area contributed by atoms with E-state index >= 15 is 0 Å². The van der Waals surface area contributed by atoms with Gasteiger partial charge in [0, 0.05) is 0 Å². The molecular formula is C8H15NO4. The molecule has 0 aliphatic heterocycles. The summed E-state index contributed by atoms with van der Waals surface area (Å²) in [7, 11) is 0. The predicted molar refractivity (Wildman–Crippen MR) is 44.5 cm³/mol. The average Bonchev–Trinajstić information content (AvgIpc) is 2.02. The Hall–Kier alpha value is -0.670. The molecular weight excluding hydrogens is 174 g/mol. The molecule has 0 heterocycles. The molecule has 4 N–H and O–H groups in total. The van der Waals surface area contributed by atoms with Gasteiger partial charge >= 0.3 is 0 Å². The Labute approximate surface area is 76.9 Å². The van der Waals surface area contributed by atoms with Gasteiger partial charge in [-0.25, -0.2) is 0 Å². The maximum Gasteiger partial charge on any atom is 0.131 e. The smallest absolute Gasteiger partial charge is 0.131 e. The molecule has 5 nitrogen and oxygen atoms in total. The molecule has 0 aromatic carbocycles. The van der Waals surface area contributed by atoms with Crippen molar-refractivity contribution in [3.05, 3.63) is 0 Å². The van der Waals surface area contributed by atoms with Gasteiger partial charge in [-0.2, -0.15) is 5.26 Å². The van der Waals surface area contributed by atoms with Crippen LogP contribution in [0, 0.1) is 11.3 Å². The van der Waals surface area contributed by atoms with Crippen molar-refractivity contribution in [1.29, 1.82) is 5.26 Å². The summed E-state index contributed by atoms with van der Waals surface area (Å²) in [5, 5.41) is 45.5. The quantitative estimate of drug-likeness (QED) is 0.442. The highest BCUT2D eigenvalue weighted by Crippen LogP contribution is 2.22. The van der Waals surface area contributed by atoms with E-state index in [-0.39, 0.29) is 0 Å². The highest BCUT2D eigenvalue weighted by molar-refractivity contribution is 4.99. The lowest BCUT2D eigenvalue weighted by atomic mass is 9.85. The standard InChI is InChI=1S/C8H15NO4/c1-5(10)7(12)8(13,3-4-9)6(2)11/h5-7,10-13H,3H2,1-2H3/t5-,6+,7+,8+/m1/s1. The van der Waals surface area contributed by atoms with Crippen molar-refractivity contribution >= 4 is 0 Å². The summed E-state index contributed by atoms with van der Waals surface area (Å²) in [4.78, 5) is 0. The van der Waals surface area contributed by atoms with Crippen LogP contribution in [-0.2, 0) is 0 Å². The summed E-state index contributed by atoms with van der Waals surface area (Å²) in [6.07, 6.45) is -4.45. The molecule has 76 valence electrons. The highest BCUT2D eigenvalue weighted by Gasteiger charge is 2.42. The number of rotatable bonds is 4. The van der Waals surface area contributed by atoms with Crippen molar-refractivity contribution < 1.29 is 20.4 Å². The van der Waals surface area contributed by atoms with Crippen molar-refractivity contribution in [1.82, 2.24) is 0 Å². The van der Waals surface area contributed by atoms with E-state index in [0.29, 0.717) is 0 Å². The van der Waals surface area contributed by atoms with Crippen molar-refractivity contribution in [2.24, 2.45) is 0 Å². The first kappa shape index (κ1) is 12.3. The van der Waals surface area contributed by atoms with Crippen LogP contribution in [0.4, 0.5) is 0 Å². The first-order valence-corrected chi connectivity index (χ1v) is 3.99. The lowest BCUT2D eigenvalue weighted by molar-refractivity contribution is -0.166. The molecule has 0 aromatic heterocycles. The molecule has 0 aromatic rings. The molecule has 5 heteroatoms. The SMILES string of the molecule is C[C@H](O)[C@@](O)(CC#N)[C@@H](O)[C@@H](C)O. The van der Waals surface area contributed by atoms with Gasteiger partial charge in [-0.3, -0.25) is 0 Å². The van der Waals surface area contributed by atoms with E-state index in [1.165, 1.54) is 13.8 Å². The van der Waals surface area contributed by atoms with Crippen molar-refractivity contribution in [3.63, 3.8) is 0 Å². The third-order valence-corrected chi connectivity index (χ3v) is 2.05. The Morgan fingerprint density at radius 3 is 2.00 bits per heavy atom. The molecule has 0 saturated heterocycles. The number of hydrogen-bond acceptors (Lipinski definition) is 5. The molecule has 0 aliphatic carbocycles. The maximum atomic E-state index is 9.64.